The molecule has 3 heterocycles. The van der Waals surface area contributed by atoms with Gasteiger partial charge < -0.3 is 14.5 Å². The Morgan fingerprint density at radius 3 is 1.02 bits per heavy atom. The maximum Gasteiger partial charge on any atom is 0.213 e. The molecule has 0 saturated heterocycles. The highest BCUT2D eigenvalue weighted by atomic mass is 32.2. The summed E-state index contributed by atoms with van der Waals surface area (Å²) in [5.41, 5.74) is 15.3. The first-order valence-electron chi connectivity index (χ1n) is 20.4. The van der Waals surface area contributed by atoms with Gasteiger partial charge in [0.05, 0.1) is 22.7 Å². The van der Waals surface area contributed by atoms with E-state index >= 15 is 0 Å². The van der Waals surface area contributed by atoms with Crippen LogP contribution >= 0.6 is 0 Å². The molecule has 8 aromatic rings. The molecule has 0 aromatic heterocycles. The normalized spacial score (nSPS) is 15.9. The fraction of sp³-hybridized carbons (Fsp3) is 0.111. The molecule has 60 heavy (non-hydrogen) atoms. The van der Waals surface area contributed by atoms with Crippen LogP contribution in [0.25, 0.3) is 22.3 Å². The Morgan fingerprint density at radius 2 is 0.683 bits per heavy atom. The van der Waals surface area contributed by atoms with Crippen LogP contribution in [0.15, 0.2) is 192 Å². The monoisotopic (exact) mass is 798 g/mol. The SMILES string of the molecule is CC1(C)c2ccccc2N(c2ccc(-c3ccc4c(c3)Oc3cc(-c5ccc(N6c7ccccc7C(C)(C)c7ccccc76)cc5)ccc3S4(=O)=O)cc2)c2ccccc21. The van der Waals surface area contributed by atoms with Gasteiger partial charge in [-0.2, -0.15) is 0 Å². The Hall–Kier alpha value is -6.89. The third-order valence-electron chi connectivity index (χ3n) is 12.9. The Balaban J connectivity index is 0.899. The van der Waals surface area contributed by atoms with Crippen LogP contribution in [0.2, 0.25) is 0 Å². The molecule has 0 amide bonds. The van der Waals surface area contributed by atoms with Crippen LogP contribution < -0.4 is 14.5 Å². The first kappa shape index (κ1) is 36.2. The molecular formula is C54H42N2O3S. The van der Waals surface area contributed by atoms with Gasteiger partial charge in [-0.25, -0.2) is 8.42 Å². The van der Waals surface area contributed by atoms with Crippen molar-refractivity contribution in [2.24, 2.45) is 0 Å². The molecule has 0 spiro atoms. The average molecular weight is 799 g/mol. The topological polar surface area (TPSA) is 49.9 Å². The van der Waals surface area contributed by atoms with Crippen molar-refractivity contribution in [3.8, 4) is 33.8 Å². The van der Waals surface area contributed by atoms with Crippen molar-refractivity contribution >= 4 is 44.0 Å². The molecule has 3 aliphatic heterocycles. The zero-order valence-corrected chi connectivity index (χ0v) is 34.7. The smallest absolute Gasteiger partial charge is 0.213 e. The zero-order chi connectivity index (χ0) is 41.0. The van der Waals surface area contributed by atoms with Gasteiger partial charge in [-0.1, -0.05) is 137 Å². The quantitative estimate of drug-likeness (QED) is 0.177. The first-order valence-corrected chi connectivity index (χ1v) is 21.9. The number of fused-ring (bicyclic) bond motifs is 6. The molecular weight excluding hydrogens is 757 g/mol. The van der Waals surface area contributed by atoms with E-state index in [1.54, 1.807) is 12.1 Å². The molecule has 0 atom stereocenters. The Bertz CT molecular complexity index is 2840. The highest BCUT2D eigenvalue weighted by molar-refractivity contribution is 7.91. The summed E-state index contributed by atoms with van der Waals surface area (Å²) in [7, 11) is -3.81. The highest BCUT2D eigenvalue weighted by Gasteiger charge is 2.38. The van der Waals surface area contributed by atoms with Crippen molar-refractivity contribution in [3.63, 3.8) is 0 Å². The summed E-state index contributed by atoms with van der Waals surface area (Å²) in [6, 6.07) is 62.1. The molecule has 11 rings (SSSR count). The minimum absolute atomic E-state index is 0.136. The molecule has 6 heteroatoms. The first-order chi connectivity index (χ1) is 29.0. The van der Waals surface area contributed by atoms with Crippen molar-refractivity contribution in [3.05, 3.63) is 204 Å². The van der Waals surface area contributed by atoms with Crippen molar-refractivity contribution in [2.75, 3.05) is 9.80 Å². The standard InChI is InChI=1S/C54H42N2O3S/c1-53(2)41-13-5-9-17-45(41)55(46-18-10-6-14-42(46)53)39-27-21-35(22-28-39)37-25-31-51-49(33-37)59-50-34-38(26-32-52(50)60(51,57)58)36-23-29-40(30-24-36)56-47-19-11-7-15-43(47)54(3,4)44-16-8-12-20-48(44)56/h5-34H,1-4H3. The van der Waals surface area contributed by atoms with Crippen LogP contribution in [0.1, 0.15) is 49.9 Å². The van der Waals surface area contributed by atoms with Gasteiger partial charge >= 0.3 is 0 Å². The molecule has 0 aliphatic carbocycles. The van der Waals surface area contributed by atoms with E-state index in [0.717, 1.165) is 56.4 Å². The van der Waals surface area contributed by atoms with Crippen LogP contribution in [-0.4, -0.2) is 8.42 Å². The number of nitrogens with zero attached hydrogens (tertiary/aromatic N) is 2. The summed E-state index contributed by atoms with van der Waals surface area (Å²) in [4.78, 5) is 5.00. The van der Waals surface area contributed by atoms with E-state index in [1.165, 1.54) is 22.3 Å². The van der Waals surface area contributed by atoms with Crippen molar-refractivity contribution < 1.29 is 13.2 Å². The molecule has 0 radical (unpaired) electrons. The van der Waals surface area contributed by atoms with Crippen LogP contribution in [0, 0.1) is 0 Å². The van der Waals surface area contributed by atoms with Gasteiger partial charge in [0.25, 0.3) is 0 Å². The molecule has 0 bridgehead atoms. The van der Waals surface area contributed by atoms with Crippen molar-refractivity contribution in [1.29, 1.82) is 0 Å². The summed E-state index contributed by atoms with van der Waals surface area (Å²) in [5.74, 6) is 0.645. The lowest BCUT2D eigenvalue weighted by Crippen LogP contribution is -2.30. The summed E-state index contributed by atoms with van der Waals surface area (Å²) in [6.45, 7) is 9.15. The van der Waals surface area contributed by atoms with Crippen LogP contribution in [0.3, 0.4) is 0 Å². The predicted octanol–water partition coefficient (Wildman–Crippen LogP) is 14.2. The second kappa shape index (κ2) is 13.1. The lowest BCUT2D eigenvalue weighted by Gasteiger charge is -2.42. The molecule has 292 valence electrons. The van der Waals surface area contributed by atoms with E-state index in [9.17, 15) is 8.42 Å². The maximum absolute atomic E-state index is 14.0. The summed E-state index contributed by atoms with van der Waals surface area (Å²) < 4.78 is 34.5. The molecule has 8 aromatic carbocycles. The maximum atomic E-state index is 14.0. The van der Waals surface area contributed by atoms with Crippen LogP contribution in [-0.2, 0) is 20.7 Å². The molecule has 0 fully saturated rings. The van der Waals surface area contributed by atoms with Gasteiger partial charge in [0, 0.05) is 22.2 Å². The van der Waals surface area contributed by atoms with E-state index in [-0.39, 0.29) is 20.6 Å². The third-order valence-corrected chi connectivity index (χ3v) is 14.7. The van der Waals surface area contributed by atoms with E-state index in [0.29, 0.717) is 11.5 Å². The van der Waals surface area contributed by atoms with E-state index < -0.39 is 9.84 Å². The van der Waals surface area contributed by atoms with Crippen molar-refractivity contribution in [1.82, 2.24) is 0 Å². The Morgan fingerprint density at radius 1 is 0.383 bits per heavy atom. The van der Waals surface area contributed by atoms with E-state index in [1.807, 2.05) is 24.3 Å². The second-order valence-corrected chi connectivity index (χ2v) is 18.9. The average Bonchev–Trinajstić information content (AvgIpc) is 3.27. The van der Waals surface area contributed by atoms with Gasteiger partial charge in [-0.3, -0.25) is 0 Å². The number of anilines is 6. The summed E-state index contributed by atoms with van der Waals surface area (Å²) >= 11 is 0. The van der Waals surface area contributed by atoms with Gasteiger partial charge in [0.2, 0.25) is 9.84 Å². The number of rotatable bonds is 4. The third kappa shape index (κ3) is 5.33. The summed E-state index contributed by atoms with van der Waals surface area (Å²) in [6.07, 6.45) is 0. The minimum Gasteiger partial charge on any atom is -0.455 e. The number of hydrogen-bond acceptors (Lipinski definition) is 5. The number of hydrogen-bond donors (Lipinski definition) is 0. The molecule has 0 saturated carbocycles. The number of ether oxygens (including phenoxy) is 1. The predicted molar refractivity (Wildman–Crippen MR) is 243 cm³/mol. The fourth-order valence-electron chi connectivity index (χ4n) is 9.72. The molecule has 5 nitrogen and oxygen atoms in total. The van der Waals surface area contributed by atoms with Crippen molar-refractivity contribution in [2.45, 2.75) is 48.3 Å². The van der Waals surface area contributed by atoms with Gasteiger partial charge in [0.1, 0.15) is 21.3 Å². The summed E-state index contributed by atoms with van der Waals surface area (Å²) in [5, 5.41) is 0. The van der Waals surface area contributed by atoms with Gasteiger partial charge in [0.15, 0.2) is 0 Å². The second-order valence-electron chi connectivity index (χ2n) is 17.0. The highest BCUT2D eigenvalue weighted by Crippen LogP contribution is 2.54. The molecule has 0 N–H and O–H groups in total. The lowest BCUT2D eigenvalue weighted by molar-refractivity contribution is 0.443. The Kier molecular flexibility index (Phi) is 7.88. The number of para-hydroxylation sites is 4. The largest absolute Gasteiger partial charge is 0.455 e. The van der Waals surface area contributed by atoms with Crippen LogP contribution in [0.5, 0.6) is 11.5 Å². The Labute approximate surface area is 351 Å². The number of sulfone groups is 1. The molecule has 3 aliphatic rings. The molecule has 0 unspecified atom stereocenters. The lowest BCUT2D eigenvalue weighted by atomic mass is 9.73. The van der Waals surface area contributed by atoms with Crippen LogP contribution in [0.4, 0.5) is 34.1 Å². The zero-order valence-electron chi connectivity index (χ0n) is 33.8. The fourth-order valence-corrected chi connectivity index (χ4v) is 11.2. The van der Waals surface area contributed by atoms with E-state index in [4.69, 9.17) is 4.74 Å². The minimum atomic E-state index is -3.81. The van der Waals surface area contributed by atoms with Gasteiger partial charge in [-0.05, 0) is 117 Å². The van der Waals surface area contributed by atoms with Gasteiger partial charge in [-0.15, -0.1) is 0 Å². The number of benzene rings is 8. The van der Waals surface area contributed by atoms with E-state index in [2.05, 4.69) is 183 Å².